The van der Waals surface area contributed by atoms with Gasteiger partial charge in [0.25, 0.3) is 0 Å². The molecule has 0 aromatic heterocycles. The number of hydrogen-bond donors (Lipinski definition) is 0. The third kappa shape index (κ3) is 3.64. The minimum absolute atomic E-state index is 0.750. The summed E-state index contributed by atoms with van der Waals surface area (Å²) in [6, 6.07) is 7.52. The summed E-state index contributed by atoms with van der Waals surface area (Å²) in [5.74, 6) is 0. The Bertz CT molecular complexity index is 444. The van der Waals surface area contributed by atoms with Gasteiger partial charge in [0.05, 0.1) is 0 Å². The van der Waals surface area contributed by atoms with E-state index in [1.165, 1.54) is 11.7 Å². The molecule has 1 aromatic rings. The Morgan fingerprint density at radius 1 is 1.29 bits per heavy atom. The fraction of sp³-hybridized carbons (Fsp3) is 0.200. The molecule has 0 fully saturated rings. The summed E-state index contributed by atoms with van der Waals surface area (Å²) in [6.07, 6.45) is 1.19. The van der Waals surface area contributed by atoms with Crippen LogP contribution < -0.4 is 0 Å². The Hall–Kier alpha value is -0.610. The molecule has 2 nitrogen and oxygen atoms in total. The van der Waals surface area contributed by atoms with Crippen molar-refractivity contribution >= 4 is 31.3 Å². The molecule has 0 aliphatic carbocycles. The van der Waals surface area contributed by atoms with E-state index in [1.54, 1.807) is 6.92 Å². The highest BCUT2D eigenvalue weighted by molar-refractivity contribution is 9.10. The van der Waals surface area contributed by atoms with E-state index in [1.807, 2.05) is 24.3 Å². The molecule has 1 aromatic carbocycles. The van der Waals surface area contributed by atoms with Gasteiger partial charge in [-0.05, 0) is 30.2 Å². The van der Waals surface area contributed by atoms with Crippen LogP contribution in [0.2, 0.25) is 0 Å². The van der Waals surface area contributed by atoms with Gasteiger partial charge in [-0.3, -0.25) is 0 Å². The molecule has 76 valence electrons. The summed E-state index contributed by atoms with van der Waals surface area (Å²) in [6.45, 7) is 1.78. The van der Waals surface area contributed by atoms with Crippen molar-refractivity contribution in [3.63, 3.8) is 0 Å². The van der Waals surface area contributed by atoms with Crippen LogP contribution in [0.4, 0.5) is 0 Å². The maximum absolute atomic E-state index is 11.0. The minimum atomic E-state index is -3.06. The molecule has 0 saturated carbocycles. The van der Waals surface area contributed by atoms with Gasteiger partial charge >= 0.3 is 0 Å². The second kappa shape index (κ2) is 4.28. The Kier molecular flexibility index (Phi) is 3.50. The first-order valence-corrected chi connectivity index (χ1v) is 6.77. The Balaban J connectivity index is 3.07. The molecule has 14 heavy (non-hydrogen) atoms. The summed E-state index contributed by atoms with van der Waals surface area (Å²) in [4.78, 5) is 0. The fourth-order valence-electron chi connectivity index (χ4n) is 1.10. The zero-order valence-corrected chi connectivity index (χ0v) is 10.4. The Morgan fingerprint density at radius 2 is 1.79 bits per heavy atom. The lowest BCUT2D eigenvalue weighted by molar-refractivity contribution is 0.610. The average molecular weight is 275 g/mol. The van der Waals surface area contributed by atoms with Crippen LogP contribution in [0.25, 0.3) is 5.57 Å². The molecule has 1 rings (SSSR count). The monoisotopic (exact) mass is 274 g/mol. The van der Waals surface area contributed by atoms with Crippen LogP contribution in [0.1, 0.15) is 12.5 Å². The molecule has 0 atom stereocenters. The third-order valence-corrected chi connectivity index (χ3v) is 3.00. The quantitative estimate of drug-likeness (QED) is 0.831. The Morgan fingerprint density at radius 3 is 2.21 bits per heavy atom. The van der Waals surface area contributed by atoms with E-state index >= 15 is 0 Å². The van der Waals surface area contributed by atoms with Crippen molar-refractivity contribution in [1.29, 1.82) is 0 Å². The molecule has 0 unspecified atom stereocenters. The van der Waals surface area contributed by atoms with E-state index < -0.39 is 9.84 Å². The van der Waals surface area contributed by atoms with Gasteiger partial charge in [-0.2, -0.15) is 0 Å². The van der Waals surface area contributed by atoms with Crippen LogP contribution in [0.5, 0.6) is 0 Å². The number of sulfone groups is 1. The van der Waals surface area contributed by atoms with Crippen molar-refractivity contribution in [2.24, 2.45) is 0 Å². The lowest BCUT2D eigenvalue weighted by Gasteiger charge is -2.00. The van der Waals surface area contributed by atoms with Crippen molar-refractivity contribution in [2.75, 3.05) is 6.26 Å². The lowest BCUT2D eigenvalue weighted by Crippen LogP contribution is -1.91. The number of rotatable bonds is 2. The molecule has 0 N–H and O–H groups in total. The van der Waals surface area contributed by atoms with Crippen LogP contribution in [-0.2, 0) is 9.84 Å². The molecule has 0 heterocycles. The van der Waals surface area contributed by atoms with E-state index in [9.17, 15) is 8.42 Å². The van der Waals surface area contributed by atoms with Gasteiger partial charge in [0.1, 0.15) is 0 Å². The summed E-state index contributed by atoms with van der Waals surface area (Å²) in [5, 5.41) is 1.27. The highest BCUT2D eigenvalue weighted by Crippen LogP contribution is 2.17. The van der Waals surface area contributed by atoms with Crippen molar-refractivity contribution in [2.45, 2.75) is 6.92 Å². The molecule has 0 spiro atoms. The van der Waals surface area contributed by atoms with Gasteiger partial charge in [-0.15, -0.1) is 0 Å². The van der Waals surface area contributed by atoms with E-state index in [4.69, 9.17) is 0 Å². The molecule has 0 aliphatic rings. The van der Waals surface area contributed by atoms with Crippen molar-refractivity contribution in [1.82, 2.24) is 0 Å². The molecule has 0 radical (unpaired) electrons. The van der Waals surface area contributed by atoms with Crippen LogP contribution >= 0.6 is 15.9 Å². The van der Waals surface area contributed by atoms with Crippen LogP contribution in [0.3, 0.4) is 0 Å². The number of halogens is 1. The summed E-state index contributed by atoms with van der Waals surface area (Å²) in [7, 11) is -3.06. The molecular weight excluding hydrogens is 264 g/mol. The maximum Gasteiger partial charge on any atom is 0.169 e. The highest BCUT2D eigenvalue weighted by Gasteiger charge is 2.00. The van der Waals surface area contributed by atoms with Gasteiger partial charge < -0.3 is 0 Å². The molecule has 0 bridgehead atoms. The van der Waals surface area contributed by atoms with Gasteiger partial charge in [0.2, 0.25) is 0 Å². The maximum atomic E-state index is 11.0. The SMILES string of the molecule is C/C(=C/S(C)(=O)=O)c1ccc(Br)cc1. The summed E-state index contributed by atoms with van der Waals surface area (Å²) in [5.41, 5.74) is 1.67. The second-order valence-electron chi connectivity index (χ2n) is 3.14. The average Bonchev–Trinajstić information content (AvgIpc) is 2.02. The van der Waals surface area contributed by atoms with E-state index in [0.717, 1.165) is 15.6 Å². The van der Waals surface area contributed by atoms with Crippen LogP contribution in [-0.4, -0.2) is 14.7 Å². The van der Waals surface area contributed by atoms with Crippen molar-refractivity contribution in [3.05, 3.63) is 39.7 Å². The minimum Gasteiger partial charge on any atom is -0.225 e. The molecule has 0 aliphatic heterocycles. The van der Waals surface area contributed by atoms with E-state index in [-0.39, 0.29) is 0 Å². The van der Waals surface area contributed by atoms with Crippen molar-refractivity contribution < 1.29 is 8.42 Å². The summed E-state index contributed by atoms with van der Waals surface area (Å²) < 4.78 is 23.0. The molecule has 0 saturated heterocycles. The smallest absolute Gasteiger partial charge is 0.169 e. The van der Waals surface area contributed by atoms with E-state index in [0.29, 0.717) is 0 Å². The largest absolute Gasteiger partial charge is 0.225 e. The van der Waals surface area contributed by atoms with Crippen LogP contribution in [0.15, 0.2) is 34.1 Å². The molecule has 4 heteroatoms. The third-order valence-electron chi connectivity index (χ3n) is 1.69. The molecular formula is C10H11BrO2S. The van der Waals surface area contributed by atoms with E-state index in [2.05, 4.69) is 15.9 Å². The first-order valence-electron chi connectivity index (χ1n) is 4.03. The Labute approximate surface area is 92.7 Å². The predicted octanol–water partition coefficient (Wildman–Crippen LogP) is 2.85. The number of allylic oxidation sites excluding steroid dienone is 1. The molecule has 0 amide bonds. The highest BCUT2D eigenvalue weighted by atomic mass is 79.9. The van der Waals surface area contributed by atoms with Crippen molar-refractivity contribution in [3.8, 4) is 0 Å². The van der Waals surface area contributed by atoms with Crippen LogP contribution in [0, 0.1) is 0 Å². The van der Waals surface area contributed by atoms with Gasteiger partial charge in [-0.1, -0.05) is 28.1 Å². The predicted molar refractivity (Wildman–Crippen MR) is 62.6 cm³/mol. The number of hydrogen-bond acceptors (Lipinski definition) is 2. The zero-order chi connectivity index (χ0) is 10.8. The van der Waals surface area contributed by atoms with Gasteiger partial charge in [0, 0.05) is 16.1 Å². The standard InChI is InChI=1S/C10H11BrO2S/c1-8(7-14(2,12)13)9-3-5-10(11)6-4-9/h3-7H,1-2H3/b8-7-. The van der Waals surface area contributed by atoms with Gasteiger partial charge in [-0.25, -0.2) is 8.42 Å². The normalized spacial score (nSPS) is 12.9. The zero-order valence-electron chi connectivity index (χ0n) is 7.99. The first-order chi connectivity index (χ1) is 6.38. The number of benzene rings is 1. The van der Waals surface area contributed by atoms with Gasteiger partial charge in [0.15, 0.2) is 9.84 Å². The topological polar surface area (TPSA) is 34.1 Å². The second-order valence-corrected chi connectivity index (χ2v) is 5.95. The summed E-state index contributed by atoms with van der Waals surface area (Å²) >= 11 is 3.32. The first kappa shape index (κ1) is 11.5. The fourth-order valence-corrected chi connectivity index (χ4v) is 2.14. The lowest BCUT2D eigenvalue weighted by atomic mass is 10.1.